The molecule has 180 valence electrons. The van der Waals surface area contributed by atoms with Crippen molar-refractivity contribution in [1.29, 1.82) is 0 Å². The standard InChI is InChI=1S/C21H25N7O5S/c22-20(23)25-15-3-1-2-14(10-15)19(32)27-28-21(33)26-16(11-17(29)30)12-4-6-13(7-5-12)18(31)24-8-9-34/h1-7,10,16,34H,8-9,11H2,(H,24,31)(H,27,32)(H,29,30)(H4,22,23,25)(H2,26,28,33). The van der Waals surface area contributed by atoms with E-state index in [9.17, 15) is 24.3 Å². The molecule has 1 unspecified atom stereocenters. The van der Waals surface area contributed by atoms with Crippen molar-refractivity contribution >= 4 is 48.1 Å². The zero-order valence-electron chi connectivity index (χ0n) is 17.9. The number of nitrogens with one attached hydrogen (secondary N) is 4. The molecule has 0 saturated carbocycles. The van der Waals surface area contributed by atoms with Crippen molar-refractivity contribution < 1.29 is 24.3 Å². The highest BCUT2D eigenvalue weighted by molar-refractivity contribution is 7.80. The van der Waals surface area contributed by atoms with Gasteiger partial charge in [-0.2, -0.15) is 12.6 Å². The number of aliphatic imine (C=N–C) groups is 1. The maximum Gasteiger partial charge on any atom is 0.333 e. The molecule has 0 fully saturated rings. The zero-order valence-corrected chi connectivity index (χ0v) is 18.8. The lowest BCUT2D eigenvalue weighted by Crippen LogP contribution is -2.48. The van der Waals surface area contributed by atoms with Gasteiger partial charge in [-0.05, 0) is 35.9 Å². The first-order valence-electron chi connectivity index (χ1n) is 9.97. The number of carbonyl (C=O) groups excluding carboxylic acids is 3. The number of carbonyl (C=O) groups is 4. The van der Waals surface area contributed by atoms with E-state index >= 15 is 0 Å². The SMILES string of the molecule is NC(N)=Nc1cccc(C(=O)NNC(=O)NC(CC(=O)O)c2ccc(C(=O)NCCS)cc2)c1. The van der Waals surface area contributed by atoms with Crippen molar-refractivity contribution in [3.63, 3.8) is 0 Å². The van der Waals surface area contributed by atoms with Crippen LogP contribution in [0.2, 0.25) is 0 Å². The third kappa shape index (κ3) is 8.35. The van der Waals surface area contributed by atoms with Crippen LogP contribution in [0.5, 0.6) is 0 Å². The molecule has 0 aromatic heterocycles. The fourth-order valence-corrected chi connectivity index (χ4v) is 2.92. The summed E-state index contributed by atoms with van der Waals surface area (Å²) in [5, 5.41) is 14.4. The Hall–Kier alpha value is -4.26. The van der Waals surface area contributed by atoms with Crippen molar-refractivity contribution in [2.75, 3.05) is 12.3 Å². The van der Waals surface area contributed by atoms with Gasteiger partial charge in [-0.3, -0.25) is 19.8 Å². The summed E-state index contributed by atoms with van der Waals surface area (Å²) in [6.45, 7) is 0.400. The molecule has 2 aromatic carbocycles. The van der Waals surface area contributed by atoms with Gasteiger partial charge in [0, 0.05) is 23.4 Å². The summed E-state index contributed by atoms with van der Waals surface area (Å²) in [5.74, 6) is -1.78. The van der Waals surface area contributed by atoms with Crippen LogP contribution in [0.3, 0.4) is 0 Å². The summed E-state index contributed by atoms with van der Waals surface area (Å²) < 4.78 is 0. The smallest absolute Gasteiger partial charge is 0.333 e. The number of aliphatic carboxylic acids is 1. The molecule has 12 nitrogen and oxygen atoms in total. The van der Waals surface area contributed by atoms with E-state index in [1.807, 2.05) is 0 Å². The molecular weight excluding hydrogens is 462 g/mol. The Labute approximate surface area is 200 Å². The number of amides is 4. The van der Waals surface area contributed by atoms with Crippen LogP contribution >= 0.6 is 12.6 Å². The quantitative estimate of drug-likeness (QED) is 0.108. The number of guanidine groups is 1. The minimum absolute atomic E-state index is 0.175. The Balaban J connectivity index is 2.01. The lowest BCUT2D eigenvalue weighted by atomic mass is 10.0. The number of benzene rings is 2. The Morgan fingerprint density at radius 3 is 2.29 bits per heavy atom. The minimum atomic E-state index is -1.15. The van der Waals surface area contributed by atoms with E-state index in [0.717, 1.165) is 0 Å². The van der Waals surface area contributed by atoms with Crippen molar-refractivity contribution in [2.45, 2.75) is 12.5 Å². The number of hydrogen-bond donors (Lipinski definition) is 8. The number of thiol groups is 1. The molecule has 13 heteroatoms. The van der Waals surface area contributed by atoms with Gasteiger partial charge in [0.2, 0.25) is 0 Å². The maximum atomic E-state index is 12.3. The van der Waals surface area contributed by atoms with Gasteiger partial charge >= 0.3 is 12.0 Å². The summed E-state index contributed by atoms with van der Waals surface area (Å²) in [5.41, 5.74) is 16.4. The monoisotopic (exact) mass is 487 g/mol. The molecule has 0 heterocycles. The molecule has 4 amide bonds. The van der Waals surface area contributed by atoms with Crippen molar-refractivity contribution in [2.24, 2.45) is 16.5 Å². The fourth-order valence-electron chi connectivity index (χ4n) is 2.81. The molecular formula is C21H25N7O5S. The molecule has 0 bridgehead atoms. The molecule has 0 saturated heterocycles. The van der Waals surface area contributed by atoms with Crippen molar-refractivity contribution in [3.05, 3.63) is 65.2 Å². The molecule has 0 aliphatic carbocycles. The minimum Gasteiger partial charge on any atom is -0.481 e. The van der Waals surface area contributed by atoms with E-state index in [2.05, 4.69) is 39.1 Å². The summed E-state index contributed by atoms with van der Waals surface area (Å²) in [4.78, 5) is 51.7. The van der Waals surface area contributed by atoms with Crippen LogP contribution in [-0.2, 0) is 4.79 Å². The highest BCUT2D eigenvalue weighted by Crippen LogP contribution is 2.18. The van der Waals surface area contributed by atoms with Crippen LogP contribution in [0.4, 0.5) is 10.5 Å². The van der Waals surface area contributed by atoms with Gasteiger partial charge in [-0.15, -0.1) is 0 Å². The Morgan fingerprint density at radius 1 is 0.971 bits per heavy atom. The van der Waals surface area contributed by atoms with Gasteiger partial charge < -0.3 is 27.2 Å². The third-order valence-corrected chi connectivity index (χ3v) is 4.54. The van der Waals surface area contributed by atoms with Crippen LogP contribution < -0.4 is 33.0 Å². The lowest BCUT2D eigenvalue weighted by molar-refractivity contribution is -0.137. The highest BCUT2D eigenvalue weighted by atomic mass is 32.1. The summed E-state index contributed by atoms with van der Waals surface area (Å²) in [7, 11) is 0. The van der Waals surface area contributed by atoms with Gasteiger partial charge in [-0.1, -0.05) is 18.2 Å². The third-order valence-electron chi connectivity index (χ3n) is 4.31. The van der Waals surface area contributed by atoms with Gasteiger partial charge in [0.25, 0.3) is 11.8 Å². The molecule has 9 N–H and O–H groups in total. The largest absolute Gasteiger partial charge is 0.481 e. The summed E-state index contributed by atoms with van der Waals surface area (Å²) in [6.07, 6.45) is -0.423. The number of hydrogen-bond acceptors (Lipinski definition) is 6. The average molecular weight is 488 g/mol. The van der Waals surface area contributed by atoms with Crippen molar-refractivity contribution in [3.8, 4) is 0 Å². The highest BCUT2D eigenvalue weighted by Gasteiger charge is 2.19. The fraction of sp³-hybridized carbons (Fsp3) is 0.190. The summed E-state index contributed by atoms with van der Waals surface area (Å²) in [6, 6.07) is 10.4. The summed E-state index contributed by atoms with van der Waals surface area (Å²) >= 11 is 4.02. The zero-order chi connectivity index (χ0) is 25.1. The van der Waals surface area contributed by atoms with Gasteiger partial charge in [0.15, 0.2) is 5.96 Å². The lowest BCUT2D eigenvalue weighted by Gasteiger charge is -2.18. The number of carboxylic acid groups (broad SMARTS) is 1. The predicted octanol–water partition coefficient (Wildman–Crippen LogP) is 0.411. The number of urea groups is 1. The molecule has 2 aromatic rings. The second-order valence-electron chi connectivity index (χ2n) is 6.89. The first-order valence-corrected chi connectivity index (χ1v) is 10.6. The first-order chi connectivity index (χ1) is 16.2. The van der Waals surface area contributed by atoms with E-state index in [1.54, 1.807) is 12.1 Å². The van der Waals surface area contributed by atoms with Gasteiger partial charge in [0.1, 0.15) is 0 Å². The predicted molar refractivity (Wildman–Crippen MR) is 129 cm³/mol. The molecule has 0 spiro atoms. The topological polar surface area (TPSA) is 201 Å². The molecule has 0 radical (unpaired) electrons. The molecule has 34 heavy (non-hydrogen) atoms. The van der Waals surface area contributed by atoms with Gasteiger partial charge in [0.05, 0.1) is 18.2 Å². The van der Waals surface area contributed by atoms with Crippen LogP contribution in [0, 0.1) is 0 Å². The van der Waals surface area contributed by atoms with E-state index < -0.39 is 30.4 Å². The second kappa shape index (κ2) is 12.7. The van der Waals surface area contributed by atoms with Crippen LogP contribution in [0.15, 0.2) is 53.5 Å². The number of rotatable bonds is 9. The van der Waals surface area contributed by atoms with Gasteiger partial charge in [-0.25, -0.2) is 15.2 Å². The number of carboxylic acids is 1. The molecule has 0 aliphatic rings. The Morgan fingerprint density at radius 2 is 1.68 bits per heavy atom. The molecule has 1 atom stereocenters. The van der Waals surface area contributed by atoms with Crippen molar-refractivity contribution in [1.82, 2.24) is 21.5 Å². The molecule has 0 aliphatic heterocycles. The average Bonchev–Trinajstić information content (AvgIpc) is 2.80. The number of nitrogens with two attached hydrogens (primary N) is 2. The maximum absolute atomic E-state index is 12.3. The van der Waals surface area contributed by atoms with E-state index in [4.69, 9.17) is 11.5 Å². The number of nitrogens with zero attached hydrogens (tertiary/aromatic N) is 1. The Kier molecular flexibility index (Phi) is 9.71. The molecule has 2 rings (SSSR count). The van der Waals surface area contributed by atoms with Crippen LogP contribution in [-0.4, -0.2) is 47.2 Å². The van der Waals surface area contributed by atoms with E-state index in [0.29, 0.717) is 29.1 Å². The van der Waals surface area contributed by atoms with E-state index in [-0.39, 0.29) is 17.4 Å². The van der Waals surface area contributed by atoms with Crippen LogP contribution in [0.25, 0.3) is 0 Å². The number of hydrazine groups is 1. The van der Waals surface area contributed by atoms with E-state index in [1.165, 1.54) is 36.4 Å². The second-order valence-corrected chi connectivity index (χ2v) is 7.34. The Bertz CT molecular complexity index is 1070. The van der Waals surface area contributed by atoms with Crippen LogP contribution in [0.1, 0.15) is 38.7 Å². The normalized spacial score (nSPS) is 11.0. The first kappa shape index (κ1) is 26.0.